The zero-order valence-electron chi connectivity index (χ0n) is 14.2. The summed E-state index contributed by atoms with van der Waals surface area (Å²) < 4.78 is 10.5. The number of methoxy groups -OCH3 is 1. The number of benzene rings is 2. The van der Waals surface area contributed by atoms with Gasteiger partial charge in [0.2, 0.25) is 0 Å². The maximum Gasteiger partial charge on any atom is 0.324 e. The van der Waals surface area contributed by atoms with Crippen LogP contribution in [0.4, 0.5) is 5.69 Å². The summed E-state index contributed by atoms with van der Waals surface area (Å²) in [6.45, 7) is 3.53. The van der Waals surface area contributed by atoms with Gasteiger partial charge in [-0.1, -0.05) is 36.0 Å². The van der Waals surface area contributed by atoms with Gasteiger partial charge in [0.25, 0.3) is 5.69 Å². The number of carbonyl (C=O) groups is 1. The number of para-hydroxylation sites is 1. The number of rotatable bonds is 7. The molecule has 2 aromatic carbocycles. The second-order valence-corrected chi connectivity index (χ2v) is 6.63. The van der Waals surface area contributed by atoms with Crippen molar-refractivity contribution in [2.24, 2.45) is 0 Å². The quantitative estimate of drug-likeness (QED) is 0.315. The Hall–Kier alpha value is -2.54. The van der Waals surface area contributed by atoms with Gasteiger partial charge in [-0.2, -0.15) is 0 Å². The minimum Gasteiger partial charge on any atom is -0.497 e. The van der Waals surface area contributed by atoms with E-state index in [1.165, 1.54) is 6.07 Å². The highest BCUT2D eigenvalue weighted by Gasteiger charge is 2.27. The number of nitro groups is 1. The summed E-state index contributed by atoms with van der Waals surface area (Å²) in [7, 11) is 1.56. The molecule has 0 aliphatic heterocycles. The summed E-state index contributed by atoms with van der Waals surface area (Å²) in [5.41, 5.74) is 0.651. The Bertz CT molecular complexity index is 745. The van der Waals surface area contributed by atoms with E-state index in [1.807, 2.05) is 0 Å². The van der Waals surface area contributed by atoms with Gasteiger partial charge in [0.15, 0.2) is 0 Å². The van der Waals surface area contributed by atoms with Gasteiger partial charge in [0.05, 0.1) is 23.0 Å². The van der Waals surface area contributed by atoms with Gasteiger partial charge in [-0.3, -0.25) is 14.9 Å². The lowest BCUT2D eigenvalue weighted by atomic mass is 10.1. The molecule has 0 heterocycles. The van der Waals surface area contributed by atoms with Gasteiger partial charge in [-0.05, 0) is 37.6 Å². The van der Waals surface area contributed by atoms with Crippen molar-refractivity contribution < 1.29 is 19.2 Å². The van der Waals surface area contributed by atoms with Crippen molar-refractivity contribution in [3.63, 3.8) is 0 Å². The molecule has 0 N–H and O–H groups in total. The first-order valence-corrected chi connectivity index (χ1v) is 8.55. The van der Waals surface area contributed by atoms with Crippen LogP contribution in [0.1, 0.15) is 24.7 Å². The second kappa shape index (κ2) is 8.53. The third-order valence-corrected chi connectivity index (χ3v) is 4.59. The number of ether oxygens (including phenoxy) is 2. The summed E-state index contributed by atoms with van der Waals surface area (Å²) in [5.74, 6) is 0.221. The summed E-state index contributed by atoms with van der Waals surface area (Å²) in [6, 6.07) is 13.3. The van der Waals surface area contributed by atoms with Crippen molar-refractivity contribution in [1.29, 1.82) is 0 Å². The van der Waals surface area contributed by atoms with Crippen LogP contribution in [0.25, 0.3) is 0 Å². The van der Waals surface area contributed by atoms with Crippen molar-refractivity contribution in [1.82, 2.24) is 0 Å². The zero-order valence-corrected chi connectivity index (χ0v) is 15.0. The molecule has 0 spiro atoms. The van der Waals surface area contributed by atoms with Gasteiger partial charge in [-0.25, -0.2) is 0 Å². The molecule has 1 unspecified atom stereocenters. The second-order valence-electron chi connectivity index (χ2n) is 5.48. The first kappa shape index (κ1) is 18.8. The Morgan fingerprint density at radius 1 is 1.12 bits per heavy atom. The highest BCUT2D eigenvalue weighted by atomic mass is 32.2. The van der Waals surface area contributed by atoms with Crippen LogP contribution in [0.5, 0.6) is 5.75 Å². The molecule has 0 amide bonds. The number of hydrogen-bond acceptors (Lipinski definition) is 6. The Labute approximate surface area is 150 Å². The first-order valence-electron chi connectivity index (χ1n) is 7.67. The van der Waals surface area contributed by atoms with Gasteiger partial charge in [-0.15, -0.1) is 0 Å². The number of hydrogen-bond donors (Lipinski definition) is 0. The molecule has 0 aromatic heterocycles. The molecule has 0 saturated carbocycles. The Kier molecular flexibility index (Phi) is 6.41. The molecule has 132 valence electrons. The number of esters is 1. The molecule has 0 aliphatic carbocycles. The van der Waals surface area contributed by atoms with Crippen molar-refractivity contribution in [2.75, 3.05) is 7.11 Å². The van der Waals surface area contributed by atoms with Crippen LogP contribution in [-0.2, 0) is 9.53 Å². The van der Waals surface area contributed by atoms with Gasteiger partial charge < -0.3 is 9.47 Å². The molecule has 0 radical (unpaired) electrons. The van der Waals surface area contributed by atoms with Gasteiger partial charge >= 0.3 is 5.97 Å². The molecule has 7 heteroatoms. The molecule has 0 aliphatic rings. The highest BCUT2D eigenvalue weighted by Crippen LogP contribution is 2.41. The van der Waals surface area contributed by atoms with E-state index in [-0.39, 0.29) is 11.8 Å². The van der Waals surface area contributed by atoms with E-state index < -0.39 is 16.1 Å². The van der Waals surface area contributed by atoms with Crippen molar-refractivity contribution >= 4 is 23.4 Å². The molecule has 0 bridgehead atoms. The van der Waals surface area contributed by atoms with Crippen LogP contribution in [0.2, 0.25) is 0 Å². The Morgan fingerprint density at radius 3 is 2.32 bits per heavy atom. The first-order chi connectivity index (χ1) is 11.9. The lowest BCUT2D eigenvalue weighted by molar-refractivity contribution is -0.387. The molecule has 25 heavy (non-hydrogen) atoms. The maximum absolute atomic E-state index is 12.5. The average Bonchev–Trinajstić information content (AvgIpc) is 2.59. The predicted octanol–water partition coefficient (Wildman–Crippen LogP) is 4.39. The third kappa shape index (κ3) is 4.96. The highest BCUT2D eigenvalue weighted by molar-refractivity contribution is 8.00. The fraction of sp³-hybridized carbons (Fsp3) is 0.278. The van der Waals surface area contributed by atoms with E-state index >= 15 is 0 Å². The van der Waals surface area contributed by atoms with Crippen LogP contribution in [0.3, 0.4) is 0 Å². The molecular formula is C18H19NO5S. The minimum absolute atomic E-state index is 0.0386. The number of thioether (sulfide) groups is 1. The van der Waals surface area contributed by atoms with Crippen LogP contribution in [0, 0.1) is 10.1 Å². The van der Waals surface area contributed by atoms with Crippen molar-refractivity contribution in [2.45, 2.75) is 30.1 Å². The normalized spacial score (nSPS) is 11.8. The fourth-order valence-corrected chi connectivity index (χ4v) is 3.28. The Morgan fingerprint density at radius 2 is 1.76 bits per heavy atom. The van der Waals surface area contributed by atoms with Gasteiger partial charge in [0, 0.05) is 6.07 Å². The van der Waals surface area contributed by atoms with Crippen LogP contribution in [-0.4, -0.2) is 24.1 Å². The van der Waals surface area contributed by atoms with E-state index in [1.54, 1.807) is 63.4 Å². The molecule has 0 fully saturated rings. The SMILES string of the molecule is COc1ccc(C(Sc2ccccc2[N+](=O)[O-])C(=O)OC(C)C)cc1. The van der Waals surface area contributed by atoms with E-state index in [4.69, 9.17) is 9.47 Å². The van der Waals surface area contributed by atoms with Crippen molar-refractivity contribution in [3.05, 3.63) is 64.2 Å². The number of nitro benzene ring substituents is 1. The maximum atomic E-state index is 12.5. The van der Waals surface area contributed by atoms with Crippen LogP contribution < -0.4 is 4.74 Å². The molecule has 6 nitrogen and oxygen atoms in total. The fourth-order valence-electron chi connectivity index (χ4n) is 2.16. The topological polar surface area (TPSA) is 78.7 Å². The van der Waals surface area contributed by atoms with Gasteiger partial charge in [0.1, 0.15) is 11.0 Å². The Balaban J connectivity index is 2.37. The molecule has 2 aromatic rings. The summed E-state index contributed by atoms with van der Waals surface area (Å²) >= 11 is 1.10. The third-order valence-electron chi connectivity index (χ3n) is 3.29. The molecule has 0 saturated heterocycles. The molecule has 1 atom stereocenters. The monoisotopic (exact) mass is 361 g/mol. The van der Waals surface area contributed by atoms with Crippen molar-refractivity contribution in [3.8, 4) is 5.75 Å². The lowest BCUT2D eigenvalue weighted by Crippen LogP contribution is -2.17. The van der Waals surface area contributed by atoms with E-state index in [2.05, 4.69) is 0 Å². The standard InChI is InChI=1S/C18H19NO5S/c1-12(2)24-18(20)17(13-8-10-14(23-3)11-9-13)25-16-7-5-4-6-15(16)19(21)22/h4-12,17H,1-3H3. The largest absolute Gasteiger partial charge is 0.497 e. The van der Waals surface area contributed by atoms with E-state index in [0.29, 0.717) is 16.2 Å². The summed E-state index contributed by atoms with van der Waals surface area (Å²) in [5, 5.41) is 10.5. The molecule has 2 rings (SSSR count). The van der Waals surface area contributed by atoms with Crippen LogP contribution >= 0.6 is 11.8 Å². The minimum atomic E-state index is -0.714. The molecular weight excluding hydrogens is 342 g/mol. The number of carbonyl (C=O) groups excluding carboxylic acids is 1. The summed E-state index contributed by atoms with van der Waals surface area (Å²) in [6.07, 6.45) is -0.278. The van der Waals surface area contributed by atoms with E-state index in [9.17, 15) is 14.9 Å². The smallest absolute Gasteiger partial charge is 0.324 e. The lowest BCUT2D eigenvalue weighted by Gasteiger charge is -2.18. The average molecular weight is 361 g/mol. The van der Waals surface area contributed by atoms with E-state index in [0.717, 1.165) is 11.8 Å². The zero-order chi connectivity index (χ0) is 18.4. The number of nitrogens with zero attached hydrogens (tertiary/aromatic N) is 1. The predicted molar refractivity (Wildman–Crippen MR) is 95.9 cm³/mol. The van der Waals surface area contributed by atoms with Crippen LogP contribution in [0.15, 0.2) is 53.4 Å². The summed E-state index contributed by atoms with van der Waals surface area (Å²) in [4.78, 5) is 23.7.